The average Bonchev–Trinajstić information content (AvgIpc) is 2.60. The van der Waals surface area contributed by atoms with E-state index in [9.17, 15) is 18.8 Å². The molecule has 4 amide bonds. The molecule has 132 valence electrons. The van der Waals surface area contributed by atoms with Gasteiger partial charge < -0.3 is 4.74 Å². The topological polar surface area (TPSA) is 75.7 Å². The van der Waals surface area contributed by atoms with E-state index < -0.39 is 23.7 Å². The summed E-state index contributed by atoms with van der Waals surface area (Å²) in [5.41, 5.74) is 0.499. The molecule has 1 fully saturated rings. The Kier molecular flexibility index (Phi) is 4.85. The summed E-state index contributed by atoms with van der Waals surface area (Å²) in [5, 5.41) is 2.11. The number of barbiturate groups is 1. The maximum Gasteiger partial charge on any atom is 0.335 e. The number of methoxy groups -OCH3 is 1. The van der Waals surface area contributed by atoms with Crippen molar-refractivity contribution < 1.29 is 23.5 Å². The molecule has 0 radical (unpaired) electrons. The van der Waals surface area contributed by atoms with Crippen molar-refractivity contribution in [1.29, 1.82) is 0 Å². The van der Waals surface area contributed by atoms with Crippen molar-refractivity contribution in [1.82, 2.24) is 5.32 Å². The number of anilines is 1. The number of benzene rings is 2. The Labute approximate surface area is 156 Å². The number of carbonyl (C=O) groups is 3. The van der Waals surface area contributed by atoms with Crippen LogP contribution in [0.2, 0.25) is 0 Å². The summed E-state index contributed by atoms with van der Waals surface area (Å²) in [6.07, 6.45) is 1.37. The molecule has 2 aromatic carbocycles. The first-order valence-corrected chi connectivity index (χ1v) is 8.20. The number of nitrogens with zero attached hydrogens (tertiary/aromatic N) is 1. The molecule has 2 aromatic rings. The van der Waals surface area contributed by atoms with Crippen molar-refractivity contribution >= 4 is 45.5 Å². The number of hydrogen-bond acceptors (Lipinski definition) is 4. The highest BCUT2D eigenvalue weighted by Crippen LogP contribution is 2.27. The number of amides is 4. The predicted molar refractivity (Wildman–Crippen MR) is 96.1 cm³/mol. The van der Waals surface area contributed by atoms with Crippen molar-refractivity contribution in [3.63, 3.8) is 0 Å². The first-order chi connectivity index (χ1) is 12.4. The third-order valence-electron chi connectivity index (χ3n) is 3.67. The van der Waals surface area contributed by atoms with Crippen molar-refractivity contribution in [3.05, 3.63) is 63.9 Å². The summed E-state index contributed by atoms with van der Waals surface area (Å²) in [6.45, 7) is 0. The number of halogens is 2. The Balaban J connectivity index is 1.99. The van der Waals surface area contributed by atoms with Gasteiger partial charge in [-0.25, -0.2) is 14.1 Å². The van der Waals surface area contributed by atoms with Crippen LogP contribution in [0.1, 0.15) is 5.56 Å². The van der Waals surface area contributed by atoms with E-state index in [-0.39, 0.29) is 11.3 Å². The van der Waals surface area contributed by atoms with E-state index in [1.165, 1.54) is 25.3 Å². The lowest BCUT2D eigenvalue weighted by atomic mass is 10.1. The number of ether oxygens (including phenoxy) is 1. The molecule has 6 nitrogen and oxygen atoms in total. The molecule has 0 aromatic heterocycles. The SMILES string of the molecule is COc1ccc(/C=C2\C(=O)NC(=O)N(c3ccc(F)cc3)C2=O)cc1Br. The van der Waals surface area contributed by atoms with Crippen LogP contribution < -0.4 is 15.0 Å². The van der Waals surface area contributed by atoms with E-state index in [0.717, 1.165) is 17.0 Å². The second kappa shape index (κ2) is 7.09. The lowest BCUT2D eigenvalue weighted by molar-refractivity contribution is -0.122. The number of nitrogens with one attached hydrogen (secondary N) is 1. The van der Waals surface area contributed by atoms with Gasteiger partial charge >= 0.3 is 6.03 Å². The van der Waals surface area contributed by atoms with Gasteiger partial charge in [0.1, 0.15) is 17.1 Å². The summed E-state index contributed by atoms with van der Waals surface area (Å²) in [7, 11) is 1.52. The Hall–Kier alpha value is -3.00. The van der Waals surface area contributed by atoms with Crippen LogP contribution in [0.4, 0.5) is 14.9 Å². The number of urea groups is 1. The van der Waals surface area contributed by atoms with Crippen molar-refractivity contribution in [2.24, 2.45) is 0 Å². The van der Waals surface area contributed by atoms with Crippen LogP contribution in [0.3, 0.4) is 0 Å². The van der Waals surface area contributed by atoms with Gasteiger partial charge in [0, 0.05) is 0 Å². The zero-order chi connectivity index (χ0) is 18.8. The molecule has 0 unspecified atom stereocenters. The summed E-state index contributed by atoms with van der Waals surface area (Å²) in [5.74, 6) is -1.51. The molecule has 26 heavy (non-hydrogen) atoms. The molecule has 1 N–H and O–H groups in total. The van der Waals surface area contributed by atoms with Crippen LogP contribution in [0.5, 0.6) is 5.75 Å². The molecular formula is C18H12BrFN2O4. The Morgan fingerprint density at radius 1 is 1.12 bits per heavy atom. The minimum atomic E-state index is -0.889. The molecule has 3 rings (SSSR count). The van der Waals surface area contributed by atoms with Gasteiger partial charge in [-0.3, -0.25) is 14.9 Å². The first-order valence-electron chi connectivity index (χ1n) is 7.41. The van der Waals surface area contributed by atoms with E-state index >= 15 is 0 Å². The minimum Gasteiger partial charge on any atom is -0.496 e. The van der Waals surface area contributed by atoms with Gasteiger partial charge in [-0.15, -0.1) is 0 Å². The Morgan fingerprint density at radius 2 is 1.81 bits per heavy atom. The van der Waals surface area contributed by atoms with E-state index in [0.29, 0.717) is 15.8 Å². The fourth-order valence-corrected chi connectivity index (χ4v) is 2.98. The fraction of sp³-hybridized carbons (Fsp3) is 0.0556. The van der Waals surface area contributed by atoms with Crippen molar-refractivity contribution in [2.45, 2.75) is 0 Å². The number of hydrogen-bond donors (Lipinski definition) is 1. The lowest BCUT2D eigenvalue weighted by Crippen LogP contribution is -2.54. The zero-order valence-corrected chi connectivity index (χ0v) is 15.0. The molecule has 1 aliphatic rings. The smallest absolute Gasteiger partial charge is 0.335 e. The highest BCUT2D eigenvalue weighted by atomic mass is 79.9. The van der Waals surface area contributed by atoms with Crippen LogP contribution >= 0.6 is 15.9 Å². The minimum absolute atomic E-state index is 0.156. The predicted octanol–water partition coefficient (Wildman–Crippen LogP) is 3.26. The van der Waals surface area contributed by atoms with Crippen LogP contribution in [0, 0.1) is 5.82 Å². The van der Waals surface area contributed by atoms with Crippen LogP contribution in [-0.4, -0.2) is 25.0 Å². The summed E-state index contributed by atoms with van der Waals surface area (Å²) < 4.78 is 18.9. The van der Waals surface area contributed by atoms with Crippen molar-refractivity contribution in [2.75, 3.05) is 12.0 Å². The first kappa shape index (κ1) is 17.8. The molecule has 8 heteroatoms. The third kappa shape index (κ3) is 3.36. The molecule has 0 saturated carbocycles. The Morgan fingerprint density at radius 3 is 2.42 bits per heavy atom. The van der Waals surface area contributed by atoms with E-state index in [4.69, 9.17) is 4.74 Å². The van der Waals surface area contributed by atoms with Gasteiger partial charge in [0.05, 0.1) is 17.3 Å². The van der Waals surface area contributed by atoms with Gasteiger partial charge in [-0.05, 0) is 64.0 Å². The van der Waals surface area contributed by atoms with Crippen LogP contribution in [-0.2, 0) is 9.59 Å². The van der Waals surface area contributed by atoms with E-state index in [2.05, 4.69) is 21.2 Å². The highest BCUT2D eigenvalue weighted by molar-refractivity contribution is 9.10. The molecule has 0 bridgehead atoms. The summed E-state index contributed by atoms with van der Waals surface area (Å²) in [6, 6.07) is 8.92. The van der Waals surface area contributed by atoms with Crippen LogP contribution in [0.25, 0.3) is 6.08 Å². The number of rotatable bonds is 3. The van der Waals surface area contributed by atoms with E-state index in [1.54, 1.807) is 18.2 Å². The second-order valence-corrected chi connectivity index (χ2v) is 6.18. The van der Waals surface area contributed by atoms with Gasteiger partial charge in [0.2, 0.25) is 0 Å². The molecule has 0 atom stereocenters. The number of imide groups is 2. The quantitative estimate of drug-likeness (QED) is 0.612. The molecule has 1 aliphatic heterocycles. The fourth-order valence-electron chi connectivity index (χ4n) is 2.42. The lowest BCUT2D eigenvalue weighted by Gasteiger charge is -2.26. The molecular weight excluding hydrogens is 407 g/mol. The average molecular weight is 419 g/mol. The maximum absolute atomic E-state index is 13.1. The summed E-state index contributed by atoms with van der Waals surface area (Å²) in [4.78, 5) is 37.7. The molecule has 1 saturated heterocycles. The largest absolute Gasteiger partial charge is 0.496 e. The highest BCUT2D eigenvalue weighted by Gasteiger charge is 2.36. The second-order valence-electron chi connectivity index (χ2n) is 5.33. The zero-order valence-electron chi connectivity index (χ0n) is 13.5. The Bertz CT molecular complexity index is 941. The molecule has 1 heterocycles. The van der Waals surface area contributed by atoms with Gasteiger partial charge in [-0.2, -0.15) is 0 Å². The third-order valence-corrected chi connectivity index (χ3v) is 4.29. The summed E-state index contributed by atoms with van der Waals surface area (Å²) >= 11 is 3.33. The van der Waals surface area contributed by atoms with E-state index in [1.807, 2.05) is 0 Å². The van der Waals surface area contributed by atoms with Crippen molar-refractivity contribution in [3.8, 4) is 5.75 Å². The maximum atomic E-state index is 13.1. The normalized spacial score (nSPS) is 16.0. The number of carbonyl (C=O) groups excluding carboxylic acids is 3. The molecule has 0 aliphatic carbocycles. The van der Waals surface area contributed by atoms with Gasteiger partial charge in [0.25, 0.3) is 11.8 Å². The standard InChI is InChI=1S/C18H12BrFN2O4/c1-26-15-7-2-10(9-14(15)19)8-13-16(23)21-18(25)22(17(13)24)12-5-3-11(20)4-6-12/h2-9H,1H3,(H,21,23,25)/b13-8+. The van der Waals surface area contributed by atoms with Crippen LogP contribution in [0.15, 0.2) is 52.5 Å². The van der Waals surface area contributed by atoms with Gasteiger partial charge in [-0.1, -0.05) is 6.07 Å². The van der Waals surface area contributed by atoms with Gasteiger partial charge in [0.15, 0.2) is 0 Å². The monoisotopic (exact) mass is 418 g/mol. The molecule has 0 spiro atoms.